The Labute approximate surface area is 262 Å². The first-order valence-corrected chi connectivity index (χ1v) is 17.3. The first-order valence-electron chi connectivity index (χ1n) is 17.0. The number of nitrogens with one attached hydrogen (secondary N) is 1. The normalized spacial score (nSPS) is 11.5. The van der Waals surface area contributed by atoms with E-state index in [1.165, 1.54) is 89.9 Å². The van der Waals surface area contributed by atoms with Gasteiger partial charge in [0.1, 0.15) is 0 Å². The lowest BCUT2D eigenvalue weighted by Gasteiger charge is -2.17. The van der Waals surface area contributed by atoms with Gasteiger partial charge in [-0.15, -0.1) is 0 Å². The average molecular weight is 602 g/mol. The van der Waals surface area contributed by atoms with E-state index in [9.17, 15) is 4.79 Å². The van der Waals surface area contributed by atoms with Crippen molar-refractivity contribution in [1.82, 2.24) is 14.8 Å². The minimum absolute atomic E-state index is 0.0380. The van der Waals surface area contributed by atoms with Crippen LogP contribution < -0.4 is 15.5 Å². The number of benzene rings is 1. The van der Waals surface area contributed by atoms with Gasteiger partial charge in [0.2, 0.25) is 5.43 Å². The zero-order chi connectivity index (χ0) is 30.3. The lowest BCUT2D eigenvalue weighted by molar-refractivity contribution is 0.298. The van der Waals surface area contributed by atoms with Crippen LogP contribution in [-0.2, 0) is 13.1 Å². The standard InChI is InChI=1S/C36H60ClN3O2/c1-4-5-6-7-8-9-10-11-12-13-14-15-16-17-18-19-27-42-36-31-40(30-32-21-23-33(37)24-22-32)34(28-35(36)41)29-38-25-20-26-39(2)3/h21-24,28,31,38H,4-20,25-27,29-30H2,1-3H3. The Bertz CT molecular complexity index is 990. The molecule has 1 N–H and O–H groups in total. The van der Waals surface area contributed by atoms with Crippen LogP contribution >= 0.6 is 11.6 Å². The van der Waals surface area contributed by atoms with Crippen molar-refractivity contribution < 1.29 is 4.74 Å². The summed E-state index contributed by atoms with van der Waals surface area (Å²) in [6.45, 7) is 6.14. The zero-order valence-electron chi connectivity index (χ0n) is 27.1. The highest BCUT2D eigenvalue weighted by Crippen LogP contribution is 2.16. The summed E-state index contributed by atoms with van der Waals surface area (Å²) in [6.07, 6.45) is 24.5. The van der Waals surface area contributed by atoms with Crippen LogP contribution in [0.15, 0.2) is 41.3 Å². The first kappa shape index (κ1) is 36.4. The van der Waals surface area contributed by atoms with Crippen LogP contribution in [-0.4, -0.2) is 43.3 Å². The number of ether oxygens (including phenoxy) is 1. The largest absolute Gasteiger partial charge is 0.488 e. The van der Waals surface area contributed by atoms with Crippen molar-refractivity contribution in [3.05, 3.63) is 63.0 Å². The molecule has 0 atom stereocenters. The van der Waals surface area contributed by atoms with E-state index in [4.69, 9.17) is 16.3 Å². The summed E-state index contributed by atoms with van der Waals surface area (Å²) in [5.74, 6) is 0.446. The summed E-state index contributed by atoms with van der Waals surface area (Å²) >= 11 is 6.09. The molecule has 42 heavy (non-hydrogen) atoms. The van der Waals surface area contributed by atoms with Crippen molar-refractivity contribution in [1.29, 1.82) is 0 Å². The molecule has 0 aliphatic carbocycles. The summed E-state index contributed by atoms with van der Waals surface area (Å²) < 4.78 is 8.13. The van der Waals surface area contributed by atoms with Gasteiger partial charge < -0.3 is 19.5 Å². The van der Waals surface area contributed by atoms with Crippen molar-refractivity contribution in [3.63, 3.8) is 0 Å². The topological polar surface area (TPSA) is 46.5 Å². The summed E-state index contributed by atoms with van der Waals surface area (Å²) in [7, 11) is 4.17. The smallest absolute Gasteiger partial charge is 0.223 e. The van der Waals surface area contributed by atoms with E-state index in [1.807, 2.05) is 30.5 Å². The molecule has 0 spiro atoms. The lowest BCUT2D eigenvalue weighted by atomic mass is 10.0. The van der Waals surface area contributed by atoms with Gasteiger partial charge >= 0.3 is 0 Å². The average Bonchev–Trinajstić information content (AvgIpc) is 2.97. The molecule has 1 aromatic heterocycles. The van der Waals surface area contributed by atoms with E-state index in [0.717, 1.165) is 48.6 Å². The quantitative estimate of drug-likeness (QED) is 0.109. The molecular weight excluding hydrogens is 542 g/mol. The van der Waals surface area contributed by atoms with Crippen molar-refractivity contribution in [2.24, 2.45) is 0 Å². The molecule has 2 aromatic rings. The molecule has 0 radical (unpaired) electrons. The molecule has 5 nitrogen and oxygen atoms in total. The van der Waals surface area contributed by atoms with Gasteiger partial charge in [0.15, 0.2) is 5.75 Å². The number of hydrogen-bond acceptors (Lipinski definition) is 4. The number of nitrogens with zero attached hydrogens (tertiary/aromatic N) is 2. The fourth-order valence-corrected chi connectivity index (χ4v) is 5.48. The molecule has 2 rings (SSSR count). The molecule has 0 aliphatic rings. The predicted octanol–water partition coefficient (Wildman–Crippen LogP) is 9.23. The fraction of sp³-hybridized carbons (Fsp3) is 0.694. The van der Waals surface area contributed by atoms with Gasteiger partial charge in [-0.25, -0.2) is 0 Å². The number of rotatable bonds is 26. The molecule has 0 unspecified atom stereocenters. The highest BCUT2D eigenvalue weighted by Gasteiger charge is 2.09. The molecular formula is C36H60ClN3O2. The third-order valence-corrected chi connectivity index (χ3v) is 8.22. The highest BCUT2D eigenvalue weighted by molar-refractivity contribution is 6.30. The minimum Gasteiger partial charge on any atom is -0.488 e. The van der Waals surface area contributed by atoms with Crippen LogP contribution in [0.1, 0.15) is 127 Å². The summed E-state index contributed by atoms with van der Waals surface area (Å²) in [5.41, 5.74) is 2.07. The molecule has 0 aliphatic heterocycles. The number of pyridine rings is 1. The Morgan fingerprint density at radius 3 is 1.88 bits per heavy atom. The van der Waals surface area contributed by atoms with E-state index >= 15 is 0 Å². The maximum atomic E-state index is 12.9. The van der Waals surface area contributed by atoms with Crippen molar-refractivity contribution in [2.45, 2.75) is 129 Å². The maximum Gasteiger partial charge on any atom is 0.223 e. The molecule has 0 fully saturated rings. The van der Waals surface area contributed by atoms with Crippen LogP contribution in [0.3, 0.4) is 0 Å². The van der Waals surface area contributed by atoms with Gasteiger partial charge in [-0.3, -0.25) is 4.79 Å². The van der Waals surface area contributed by atoms with Crippen molar-refractivity contribution in [2.75, 3.05) is 33.8 Å². The molecule has 0 saturated heterocycles. The third kappa shape index (κ3) is 17.3. The second-order valence-corrected chi connectivity index (χ2v) is 12.7. The Balaban J connectivity index is 1.66. The summed E-state index contributed by atoms with van der Waals surface area (Å²) in [5, 5.41) is 4.22. The van der Waals surface area contributed by atoms with Gasteiger partial charge in [-0.2, -0.15) is 0 Å². The van der Waals surface area contributed by atoms with Crippen molar-refractivity contribution in [3.8, 4) is 5.75 Å². The fourth-order valence-electron chi connectivity index (χ4n) is 5.36. The Morgan fingerprint density at radius 1 is 0.786 bits per heavy atom. The molecule has 238 valence electrons. The van der Waals surface area contributed by atoms with Crippen LogP contribution in [0.5, 0.6) is 5.75 Å². The summed E-state index contributed by atoms with van der Waals surface area (Å²) in [6, 6.07) is 9.62. The van der Waals surface area contributed by atoms with Gasteiger partial charge in [0, 0.05) is 29.9 Å². The molecule has 1 heterocycles. The van der Waals surface area contributed by atoms with Gasteiger partial charge in [-0.05, 0) is 57.7 Å². The second-order valence-electron chi connectivity index (χ2n) is 12.2. The predicted molar refractivity (Wildman–Crippen MR) is 181 cm³/mol. The zero-order valence-corrected chi connectivity index (χ0v) is 27.9. The van der Waals surface area contributed by atoms with Crippen LogP contribution in [0, 0.1) is 0 Å². The molecule has 0 saturated carbocycles. The van der Waals surface area contributed by atoms with Gasteiger partial charge in [0.25, 0.3) is 0 Å². The first-order chi connectivity index (χ1) is 20.5. The Morgan fingerprint density at radius 2 is 1.33 bits per heavy atom. The molecule has 0 bridgehead atoms. The summed E-state index contributed by atoms with van der Waals surface area (Å²) in [4.78, 5) is 15.1. The number of hydrogen-bond donors (Lipinski definition) is 1. The molecule has 1 aromatic carbocycles. The van der Waals surface area contributed by atoms with Gasteiger partial charge in [-0.1, -0.05) is 127 Å². The Kier molecular flexibility index (Phi) is 20.4. The second kappa shape index (κ2) is 23.6. The van der Waals surface area contributed by atoms with E-state index in [2.05, 4.69) is 35.8 Å². The number of unbranched alkanes of at least 4 members (excludes halogenated alkanes) is 15. The van der Waals surface area contributed by atoms with Crippen LogP contribution in [0.4, 0.5) is 0 Å². The lowest BCUT2D eigenvalue weighted by Crippen LogP contribution is -2.24. The number of halogens is 1. The molecule has 6 heteroatoms. The van der Waals surface area contributed by atoms with Crippen LogP contribution in [0.2, 0.25) is 5.02 Å². The highest BCUT2D eigenvalue weighted by atomic mass is 35.5. The van der Waals surface area contributed by atoms with E-state index < -0.39 is 0 Å². The van der Waals surface area contributed by atoms with Crippen LogP contribution in [0.25, 0.3) is 0 Å². The Hall–Kier alpha value is -1.82. The SMILES string of the molecule is CCCCCCCCCCCCCCCCCCOc1cn(Cc2ccc(Cl)cc2)c(CNCCCN(C)C)cc1=O. The van der Waals surface area contributed by atoms with E-state index in [0.29, 0.717) is 25.4 Å². The van der Waals surface area contributed by atoms with E-state index in [1.54, 1.807) is 6.07 Å². The minimum atomic E-state index is -0.0380. The third-order valence-electron chi connectivity index (χ3n) is 7.97. The number of aromatic nitrogens is 1. The monoisotopic (exact) mass is 601 g/mol. The van der Waals surface area contributed by atoms with Gasteiger partial charge in [0.05, 0.1) is 12.8 Å². The maximum absolute atomic E-state index is 12.9. The van der Waals surface area contributed by atoms with E-state index in [-0.39, 0.29) is 5.43 Å². The molecule has 0 amide bonds. The van der Waals surface area contributed by atoms with Crippen molar-refractivity contribution >= 4 is 11.6 Å².